The molecule has 0 spiro atoms. The van der Waals surface area contributed by atoms with E-state index < -0.39 is 11.9 Å². The third-order valence-electron chi connectivity index (χ3n) is 5.68. The minimum Gasteiger partial charge on any atom is -0.494 e. The summed E-state index contributed by atoms with van der Waals surface area (Å²) in [5, 5.41) is 0. The lowest BCUT2D eigenvalue weighted by Gasteiger charge is -2.29. The lowest BCUT2D eigenvalue weighted by atomic mass is 9.77. The number of halogens is 2. The SMILES string of the molecule is CCCCOc1ccc([C@H]2CC[C@H](CCc3ccc(F)nc3F)CC2)cc1. The summed E-state index contributed by atoms with van der Waals surface area (Å²) in [4.78, 5) is 3.28. The van der Waals surface area contributed by atoms with Crippen LogP contribution in [0.5, 0.6) is 5.75 Å². The summed E-state index contributed by atoms with van der Waals surface area (Å²) in [5.41, 5.74) is 1.92. The highest BCUT2D eigenvalue weighted by molar-refractivity contribution is 5.29. The maximum absolute atomic E-state index is 13.7. The minimum atomic E-state index is -0.751. The van der Waals surface area contributed by atoms with Gasteiger partial charge in [0.15, 0.2) is 0 Å². The van der Waals surface area contributed by atoms with Gasteiger partial charge in [-0.2, -0.15) is 13.8 Å². The standard InChI is InChI=1S/C23H29F2NO/c1-2-3-16-27-21-13-10-19(11-14-21)18-7-4-17(5-8-18)6-9-20-12-15-22(24)26-23(20)25/h10-15,17-18H,2-9,16H2,1H3/t17-,18-. The molecule has 2 aromatic rings. The summed E-state index contributed by atoms with van der Waals surface area (Å²) in [6.07, 6.45) is 8.48. The number of benzene rings is 1. The molecule has 3 rings (SSSR count). The highest BCUT2D eigenvalue weighted by Gasteiger charge is 2.22. The van der Waals surface area contributed by atoms with E-state index in [-0.39, 0.29) is 0 Å². The average Bonchev–Trinajstić information content (AvgIpc) is 2.69. The summed E-state index contributed by atoms with van der Waals surface area (Å²) in [6.45, 7) is 2.95. The molecule has 2 nitrogen and oxygen atoms in total. The first-order chi connectivity index (χ1) is 13.2. The lowest BCUT2D eigenvalue weighted by molar-refractivity contribution is 0.305. The number of hydrogen-bond donors (Lipinski definition) is 0. The van der Waals surface area contributed by atoms with Crippen LogP contribution in [0, 0.1) is 17.8 Å². The predicted molar refractivity (Wildman–Crippen MR) is 104 cm³/mol. The highest BCUT2D eigenvalue weighted by atomic mass is 19.1. The van der Waals surface area contributed by atoms with Gasteiger partial charge in [0.05, 0.1) is 6.61 Å². The van der Waals surface area contributed by atoms with E-state index >= 15 is 0 Å². The summed E-state index contributed by atoms with van der Waals surface area (Å²) >= 11 is 0. The zero-order valence-corrected chi connectivity index (χ0v) is 16.1. The Morgan fingerprint density at radius 3 is 2.41 bits per heavy atom. The van der Waals surface area contributed by atoms with Crippen LogP contribution in [0.3, 0.4) is 0 Å². The van der Waals surface area contributed by atoms with Gasteiger partial charge in [0.25, 0.3) is 0 Å². The van der Waals surface area contributed by atoms with Crippen LogP contribution in [0.4, 0.5) is 8.78 Å². The van der Waals surface area contributed by atoms with Crippen molar-refractivity contribution in [2.75, 3.05) is 6.61 Å². The zero-order chi connectivity index (χ0) is 19.1. The Hall–Kier alpha value is -1.97. The summed E-state index contributed by atoms with van der Waals surface area (Å²) < 4.78 is 32.3. The van der Waals surface area contributed by atoms with Crippen molar-refractivity contribution < 1.29 is 13.5 Å². The molecule has 0 amide bonds. The van der Waals surface area contributed by atoms with E-state index in [1.807, 2.05) is 0 Å². The van der Waals surface area contributed by atoms with Gasteiger partial charge < -0.3 is 4.74 Å². The Kier molecular flexibility index (Phi) is 7.19. The van der Waals surface area contributed by atoms with Crippen LogP contribution in [0.25, 0.3) is 0 Å². The first-order valence-corrected chi connectivity index (χ1v) is 10.2. The first kappa shape index (κ1) is 19.8. The molecule has 1 aromatic carbocycles. The molecule has 0 saturated heterocycles. The maximum atomic E-state index is 13.7. The number of unbranched alkanes of at least 4 members (excludes halogenated alkanes) is 1. The summed E-state index contributed by atoms with van der Waals surface area (Å²) in [6, 6.07) is 11.3. The number of pyridine rings is 1. The second-order valence-corrected chi connectivity index (χ2v) is 7.61. The quantitative estimate of drug-likeness (QED) is 0.392. The van der Waals surface area contributed by atoms with Gasteiger partial charge in [-0.15, -0.1) is 0 Å². The van der Waals surface area contributed by atoms with Crippen molar-refractivity contribution in [1.29, 1.82) is 0 Å². The van der Waals surface area contributed by atoms with E-state index in [1.54, 1.807) is 0 Å². The Balaban J connectivity index is 1.44. The molecule has 4 heteroatoms. The Labute approximate surface area is 161 Å². The molecule has 0 radical (unpaired) electrons. The lowest BCUT2D eigenvalue weighted by Crippen LogP contribution is -2.14. The number of aromatic nitrogens is 1. The van der Waals surface area contributed by atoms with Crippen LogP contribution >= 0.6 is 0 Å². The molecule has 146 valence electrons. The number of aryl methyl sites for hydroxylation is 1. The average molecular weight is 373 g/mol. The van der Waals surface area contributed by atoms with Crippen molar-refractivity contribution in [2.24, 2.45) is 5.92 Å². The van der Waals surface area contributed by atoms with Gasteiger partial charge in [-0.05, 0) is 86.6 Å². The molecule has 27 heavy (non-hydrogen) atoms. The molecule has 0 N–H and O–H groups in total. The van der Waals surface area contributed by atoms with E-state index in [0.717, 1.165) is 44.5 Å². The highest BCUT2D eigenvalue weighted by Crippen LogP contribution is 2.38. The fourth-order valence-corrected chi connectivity index (χ4v) is 3.94. The molecular formula is C23H29F2NO. The van der Waals surface area contributed by atoms with Crippen LogP contribution in [-0.4, -0.2) is 11.6 Å². The molecular weight excluding hydrogens is 344 g/mol. The minimum absolute atomic E-state index is 0.525. The molecule has 1 saturated carbocycles. The van der Waals surface area contributed by atoms with Gasteiger partial charge >= 0.3 is 0 Å². The van der Waals surface area contributed by atoms with Gasteiger partial charge in [-0.25, -0.2) is 0 Å². The van der Waals surface area contributed by atoms with Crippen molar-refractivity contribution in [1.82, 2.24) is 4.98 Å². The van der Waals surface area contributed by atoms with Crippen LogP contribution in [0.1, 0.15) is 68.9 Å². The van der Waals surface area contributed by atoms with E-state index in [0.29, 0.717) is 23.8 Å². The Bertz CT molecular complexity index is 709. The van der Waals surface area contributed by atoms with Crippen molar-refractivity contribution in [3.63, 3.8) is 0 Å². The summed E-state index contributed by atoms with van der Waals surface area (Å²) in [5.74, 6) is 0.761. The monoisotopic (exact) mass is 373 g/mol. The molecule has 1 aromatic heterocycles. The third kappa shape index (κ3) is 5.75. The van der Waals surface area contributed by atoms with Gasteiger partial charge in [0.2, 0.25) is 11.9 Å². The molecule has 0 atom stereocenters. The van der Waals surface area contributed by atoms with Crippen molar-refractivity contribution in [3.8, 4) is 5.75 Å². The van der Waals surface area contributed by atoms with Gasteiger partial charge in [0, 0.05) is 5.56 Å². The van der Waals surface area contributed by atoms with Crippen LogP contribution in [0.2, 0.25) is 0 Å². The first-order valence-electron chi connectivity index (χ1n) is 10.2. The molecule has 0 bridgehead atoms. The second kappa shape index (κ2) is 9.82. The Morgan fingerprint density at radius 1 is 1.00 bits per heavy atom. The van der Waals surface area contributed by atoms with Crippen molar-refractivity contribution in [2.45, 2.75) is 64.2 Å². The van der Waals surface area contributed by atoms with Gasteiger partial charge in [-0.3, -0.25) is 0 Å². The van der Waals surface area contributed by atoms with Crippen LogP contribution in [-0.2, 0) is 6.42 Å². The molecule has 0 unspecified atom stereocenters. The van der Waals surface area contributed by atoms with E-state index in [4.69, 9.17) is 4.74 Å². The fourth-order valence-electron chi connectivity index (χ4n) is 3.94. The van der Waals surface area contributed by atoms with E-state index in [9.17, 15) is 8.78 Å². The van der Waals surface area contributed by atoms with Crippen LogP contribution in [0.15, 0.2) is 36.4 Å². The number of ether oxygens (including phenoxy) is 1. The maximum Gasteiger partial charge on any atom is 0.218 e. The zero-order valence-electron chi connectivity index (χ0n) is 16.1. The number of hydrogen-bond acceptors (Lipinski definition) is 2. The smallest absolute Gasteiger partial charge is 0.218 e. The Morgan fingerprint density at radius 2 is 1.74 bits per heavy atom. The van der Waals surface area contributed by atoms with Crippen molar-refractivity contribution in [3.05, 3.63) is 59.4 Å². The molecule has 1 aliphatic carbocycles. The van der Waals surface area contributed by atoms with Gasteiger partial charge in [-0.1, -0.05) is 25.5 Å². The van der Waals surface area contributed by atoms with E-state index in [2.05, 4.69) is 36.2 Å². The molecule has 0 aliphatic heterocycles. The second-order valence-electron chi connectivity index (χ2n) is 7.61. The topological polar surface area (TPSA) is 22.1 Å². The number of nitrogens with zero attached hydrogens (tertiary/aromatic N) is 1. The number of rotatable bonds is 8. The summed E-state index contributed by atoms with van der Waals surface area (Å²) in [7, 11) is 0. The molecule has 1 aliphatic rings. The largest absolute Gasteiger partial charge is 0.494 e. The van der Waals surface area contributed by atoms with Crippen molar-refractivity contribution >= 4 is 0 Å². The molecule has 1 fully saturated rings. The molecule has 1 heterocycles. The van der Waals surface area contributed by atoms with E-state index in [1.165, 1.54) is 30.5 Å². The predicted octanol–water partition coefficient (Wildman–Crippen LogP) is 6.45. The fraction of sp³-hybridized carbons (Fsp3) is 0.522. The normalized spacial score (nSPS) is 19.8. The third-order valence-corrected chi connectivity index (χ3v) is 5.68. The van der Waals surface area contributed by atoms with Crippen LogP contribution < -0.4 is 4.74 Å². The van der Waals surface area contributed by atoms with Gasteiger partial charge in [0.1, 0.15) is 5.75 Å².